The molecule has 132 valence electrons. The molecule has 7 heteroatoms. The summed E-state index contributed by atoms with van der Waals surface area (Å²) in [4.78, 5) is 4.48. The van der Waals surface area contributed by atoms with E-state index in [1.54, 1.807) is 0 Å². The standard InChI is InChI=1S/C16H26ClN3O2.HI/c1-3-18-16(19-10-5-12-21-4-2)20-11-13-22-15-8-6-14(17)7-9-15;/h6-9H,3-5,10-13H2,1-2H3,(H2,18,19,20);1H. The van der Waals surface area contributed by atoms with Gasteiger partial charge in [-0.15, -0.1) is 24.0 Å². The lowest BCUT2D eigenvalue weighted by Crippen LogP contribution is -2.39. The summed E-state index contributed by atoms with van der Waals surface area (Å²) >= 11 is 5.83. The van der Waals surface area contributed by atoms with E-state index in [1.807, 2.05) is 38.1 Å². The van der Waals surface area contributed by atoms with Gasteiger partial charge in [0.25, 0.3) is 0 Å². The Bertz CT molecular complexity index is 430. The molecule has 23 heavy (non-hydrogen) atoms. The number of aliphatic imine (C=N–C) groups is 1. The fourth-order valence-corrected chi connectivity index (χ4v) is 1.84. The van der Waals surface area contributed by atoms with Gasteiger partial charge in [0.1, 0.15) is 12.4 Å². The molecule has 0 unspecified atom stereocenters. The van der Waals surface area contributed by atoms with Gasteiger partial charge in [0, 0.05) is 31.3 Å². The number of hydrogen-bond acceptors (Lipinski definition) is 3. The van der Waals surface area contributed by atoms with Crippen molar-refractivity contribution in [1.82, 2.24) is 10.6 Å². The number of nitrogens with zero attached hydrogens (tertiary/aromatic N) is 1. The summed E-state index contributed by atoms with van der Waals surface area (Å²) in [6.45, 7) is 8.36. The zero-order valence-electron chi connectivity index (χ0n) is 13.8. The molecule has 1 aromatic carbocycles. The van der Waals surface area contributed by atoms with Crippen molar-refractivity contribution in [2.24, 2.45) is 4.99 Å². The Hall–Kier alpha value is -0.730. The predicted octanol–water partition coefficient (Wildman–Crippen LogP) is 3.32. The van der Waals surface area contributed by atoms with Crippen molar-refractivity contribution in [1.29, 1.82) is 0 Å². The first-order chi connectivity index (χ1) is 10.8. The van der Waals surface area contributed by atoms with E-state index in [1.165, 1.54) is 0 Å². The summed E-state index contributed by atoms with van der Waals surface area (Å²) in [5.41, 5.74) is 0. The number of hydrogen-bond donors (Lipinski definition) is 2. The maximum Gasteiger partial charge on any atom is 0.191 e. The summed E-state index contributed by atoms with van der Waals surface area (Å²) in [6, 6.07) is 7.34. The van der Waals surface area contributed by atoms with Crippen LogP contribution in [0, 0.1) is 0 Å². The van der Waals surface area contributed by atoms with Crippen LogP contribution in [0.15, 0.2) is 29.3 Å². The molecule has 0 aliphatic heterocycles. The third kappa shape index (κ3) is 11.4. The van der Waals surface area contributed by atoms with E-state index in [2.05, 4.69) is 15.6 Å². The Morgan fingerprint density at radius 1 is 1.13 bits per heavy atom. The summed E-state index contributed by atoms with van der Waals surface area (Å²) < 4.78 is 10.9. The van der Waals surface area contributed by atoms with Crippen LogP contribution in [0.5, 0.6) is 5.75 Å². The second-order valence-electron chi connectivity index (χ2n) is 4.54. The van der Waals surface area contributed by atoms with Crippen LogP contribution >= 0.6 is 35.6 Å². The minimum atomic E-state index is 0. The highest BCUT2D eigenvalue weighted by molar-refractivity contribution is 14.0. The van der Waals surface area contributed by atoms with E-state index in [0.717, 1.165) is 44.4 Å². The molecule has 0 saturated heterocycles. The molecule has 2 N–H and O–H groups in total. The van der Waals surface area contributed by atoms with Gasteiger partial charge in [-0.1, -0.05) is 11.6 Å². The first-order valence-electron chi connectivity index (χ1n) is 7.74. The van der Waals surface area contributed by atoms with E-state index in [-0.39, 0.29) is 24.0 Å². The van der Waals surface area contributed by atoms with Gasteiger partial charge in [0.05, 0.1) is 6.54 Å². The fraction of sp³-hybridized carbons (Fsp3) is 0.562. The molecule has 0 amide bonds. The first-order valence-corrected chi connectivity index (χ1v) is 8.12. The lowest BCUT2D eigenvalue weighted by atomic mass is 10.3. The topological polar surface area (TPSA) is 54.9 Å². The molecular weight excluding hydrogens is 429 g/mol. The Balaban J connectivity index is 0.00000484. The van der Waals surface area contributed by atoms with Crippen LogP contribution in [0.1, 0.15) is 20.3 Å². The van der Waals surface area contributed by atoms with Gasteiger partial charge in [-0.25, -0.2) is 0 Å². The van der Waals surface area contributed by atoms with Crippen molar-refractivity contribution in [2.75, 3.05) is 39.5 Å². The highest BCUT2D eigenvalue weighted by Gasteiger charge is 1.98. The molecule has 0 bridgehead atoms. The van der Waals surface area contributed by atoms with Crippen LogP contribution in [-0.2, 0) is 4.74 Å². The van der Waals surface area contributed by atoms with Crippen LogP contribution in [-0.4, -0.2) is 45.4 Å². The molecule has 0 aliphatic rings. The Kier molecular flexibility index (Phi) is 14.4. The van der Waals surface area contributed by atoms with Crippen molar-refractivity contribution in [2.45, 2.75) is 20.3 Å². The number of ether oxygens (including phenoxy) is 2. The molecule has 0 fully saturated rings. The van der Waals surface area contributed by atoms with Crippen LogP contribution in [0.4, 0.5) is 0 Å². The zero-order chi connectivity index (χ0) is 16.0. The van der Waals surface area contributed by atoms with Crippen LogP contribution in [0.25, 0.3) is 0 Å². The highest BCUT2D eigenvalue weighted by Crippen LogP contribution is 2.14. The van der Waals surface area contributed by atoms with Gasteiger partial charge in [-0.3, -0.25) is 4.99 Å². The van der Waals surface area contributed by atoms with Crippen LogP contribution < -0.4 is 15.4 Å². The second kappa shape index (κ2) is 14.8. The van der Waals surface area contributed by atoms with Crippen molar-refractivity contribution in [3.8, 4) is 5.75 Å². The number of benzene rings is 1. The first kappa shape index (κ1) is 22.3. The predicted molar refractivity (Wildman–Crippen MR) is 107 cm³/mol. The van der Waals surface area contributed by atoms with Crippen molar-refractivity contribution >= 4 is 41.5 Å². The molecule has 0 aromatic heterocycles. The summed E-state index contributed by atoms with van der Waals surface area (Å²) in [7, 11) is 0. The van der Waals surface area contributed by atoms with Gasteiger partial charge in [-0.2, -0.15) is 0 Å². The minimum absolute atomic E-state index is 0. The maximum atomic E-state index is 5.83. The van der Waals surface area contributed by atoms with E-state index in [9.17, 15) is 0 Å². The number of guanidine groups is 1. The van der Waals surface area contributed by atoms with Gasteiger partial charge >= 0.3 is 0 Å². The molecule has 0 atom stereocenters. The molecule has 1 rings (SSSR count). The van der Waals surface area contributed by atoms with E-state index in [0.29, 0.717) is 18.2 Å². The second-order valence-corrected chi connectivity index (χ2v) is 4.98. The molecule has 0 spiro atoms. The summed E-state index contributed by atoms with van der Waals surface area (Å²) in [5, 5.41) is 7.15. The van der Waals surface area contributed by atoms with Gasteiger partial charge < -0.3 is 20.1 Å². The zero-order valence-corrected chi connectivity index (χ0v) is 16.9. The normalized spacial score (nSPS) is 10.8. The highest BCUT2D eigenvalue weighted by atomic mass is 127. The fourth-order valence-electron chi connectivity index (χ4n) is 1.71. The van der Waals surface area contributed by atoms with Crippen molar-refractivity contribution in [3.63, 3.8) is 0 Å². The molecule has 0 aliphatic carbocycles. The maximum absolute atomic E-state index is 5.83. The van der Waals surface area contributed by atoms with Crippen molar-refractivity contribution < 1.29 is 9.47 Å². The molecule has 0 radical (unpaired) electrons. The minimum Gasteiger partial charge on any atom is -0.492 e. The van der Waals surface area contributed by atoms with Crippen LogP contribution in [0.3, 0.4) is 0 Å². The van der Waals surface area contributed by atoms with Gasteiger partial charge in [-0.05, 0) is 44.5 Å². The smallest absolute Gasteiger partial charge is 0.191 e. The van der Waals surface area contributed by atoms with Gasteiger partial charge in [0.15, 0.2) is 5.96 Å². The molecule has 5 nitrogen and oxygen atoms in total. The molecule has 0 heterocycles. The average molecular weight is 456 g/mol. The van der Waals surface area contributed by atoms with Gasteiger partial charge in [0.2, 0.25) is 0 Å². The summed E-state index contributed by atoms with van der Waals surface area (Å²) in [6.07, 6.45) is 0.922. The lowest BCUT2D eigenvalue weighted by Gasteiger charge is -2.12. The molecule has 0 saturated carbocycles. The average Bonchev–Trinajstić information content (AvgIpc) is 2.53. The quantitative estimate of drug-likeness (QED) is 0.246. The van der Waals surface area contributed by atoms with Crippen molar-refractivity contribution in [3.05, 3.63) is 29.3 Å². The Morgan fingerprint density at radius 3 is 2.52 bits per heavy atom. The van der Waals surface area contributed by atoms with E-state index < -0.39 is 0 Å². The van der Waals surface area contributed by atoms with Crippen LogP contribution in [0.2, 0.25) is 5.02 Å². The molecule has 1 aromatic rings. The number of nitrogens with one attached hydrogen (secondary N) is 2. The third-order valence-electron chi connectivity index (χ3n) is 2.74. The molecular formula is C16H27ClIN3O2. The number of rotatable bonds is 10. The lowest BCUT2D eigenvalue weighted by molar-refractivity contribution is 0.146. The Labute approximate surface area is 161 Å². The SMILES string of the molecule is CCNC(=NCCCOCC)NCCOc1ccc(Cl)cc1.I. The Morgan fingerprint density at radius 2 is 1.87 bits per heavy atom. The van der Waals surface area contributed by atoms with E-state index >= 15 is 0 Å². The monoisotopic (exact) mass is 455 g/mol. The third-order valence-corrected chi connectivity index (χ3v) is 2.99. The largest absolute Gasteiger partial charge is 0.492 e. The summed E-state index contributed by atoms with van der Waals surface area (Å²) in [5.74, 6) is 1.61. The number of halogens is 2. The van der Waals surface area contributed by atoms with E-state index in [4.69, 9.17) is 21.1 Å².